The summed E-state index contributed by atoms with van der Waals surface area (Å²) in [7, 11) is 0. The van der Waals surface area contributed by atoms with Gasteiger partial charge in [0.15, 0.2) is 0 Å². The van der Waals surface area contributed by atoms with Gasteiger partial charge in [0.2, 0.25) is 5.91 Å². The fourth-order valence-corrected chi connectivity index (χ4v) is 1.76. The van der Waals surface area contributed by atoms with Crippen LogP contribution in [0.4, 0.5) is 0 Å². The number of carbonyl (C=O) groups is 1. The average molecular weight is 213 g/mol. The lowest BCUT2D eigenvalue weighted by atomic mass is 10.1. The zero-order valence-electron chi connectivity index (χ0n) is 10.1. The van der Waals surface area contributed by atoms with E-state index in [0.717, 1.165) is 12.3 Å². The van der Waals surface area contributed by atoms with Crippen LogP contribution in [0.25, 0.3) is 0 Å². The van der Waals surface area contributed by atoms with Crippen LogP contribution in [0.2, 0.25) is 0 Å². The molecule has 1 fully saturated rings. The van der Waals surface area contributed by atoms with E-state index in [2.05, 4.69) is 0 Å². The van der Waals surface area contributed by atoms with Gasteiger partial charge in [-0.25, -0.2) is 0 Å². The van der Waals surface area contributed by atoms with Gasteiger partial charge in [0, 0.05) is 19.0 Å². The van der Waals surface area contributed by atoms with E-state index in [-0.39, 0.29) is 11.9 Å². The van der Waals surface area contributed by atoms with E-state index in [0.29, 0.717) is 13.0 Å². The van der Waals surface area contributed by atoms with E-state index in [4.69, 9.17) is 0 Å². The third-order valence-electron chi connectivity index (χ3n) is 2.87. The summed E-state index contributed by atoms with van der Waals surface area (Å²) in [4.78, 5) is 13.7. The highest BCUT2D eigenvalue weighted by Gasteiger charge is 2.24. The van der Waals surface area contributed by atoms with Crippen molar-refractivity contribution in [2.75, 3.05) is 6.54 Å². The van der Waals surface area contributed by atoms with E-state index in [9.17, 15) is 9.90 Å². The first kappa shape index (κ1) is 12.5. The van der Waals surface area contributed by atoms with Crippen LogP contribution < -0.4 is 0 Å². The molecule has 1 amide bonds. The van der Waals surface area contributed by atoms with Gasteiger partial charge in [-0.2, -0.15) is 0 Å². The molecule has 0 aliphatic heterocycles. The van der Waals surface area contributed by atoms with Gasteiger partial charge >= 0.3 is 0 Å². The third kappa shape index (κ3) is 4.65. The molecule has 1 aliphatic rings. The molecule has 3 heteroatoms. The Morgan fingerprint density at radius 3 is 2.40 bits per heavy atom. The maximum atomic E-state index is 11.9. The van der Waals surface area contributed by atoms with Crippen LogP contribution in [-0.2, 0) is 4.79 Å². The number of aliphatic hydroxyl groups is 1. The lowest BCUT2D eigenvalue weighted by Gasteiger charge is -2.28. The van der Waals surface area contributed by atoms with Crippen LogP contribution >= 0.6 is 0 Å². The Kier molecular flexibility index (Phi) is 4.58. The van der Waals surface area contributed by atoms with Crippen molar-refractivity contribution in [1.82, 2.24) is 4.90 Å². The van der Waals surface area contributed by atoms with Crippen LogP contribution in [0, 0.1) is 5.92 Å². The van der Waals surface area contributed by atoms with E-state index >= 15 is 0 Å². The first-order chi connectivity index (χ1) is 7.00. The molecule has 15 heavy (non-hydrogen) atoms. The van der Waals surface area contributed by atoms with Crippen molar-refractivity contribution in [3.8, 4) is 0 Å². The molecule has 0 spiro atoms. The van der Waals surface area contributed by atoms with Crippen molar-refractivity contribution < 1.29 is 9.90 Å². The molecule has 1 atom stereocenters. The first-order valence-corrected chi connectivity index (χ1v) is 5.98. The standard InChI is InChI=1S/C12H23NO2/c1-9(2)13(8-10(3)14)12(15)7-6-11-4-5-11/h9-11,14H,4-8H2,1-3H3. The second-order valence-corrected chi connectivity index (χ2v) is 4.97. The second-order valence-electron chi connectivity index (χ2n) is 4.97. The number of nitrogens with zero attached hydrogens (tertiary/aromatic N) is 1. The molecule has 88 valence electrons. The molecule has 0 aromatic carbocycles. The van der Waals surface area contributed by atoms with Crippen LogP contribution in [0.15, 0.2) is 0 Å². The topological polar surface area (TPSA) is 40.5 Å². The molecule has 1 saturated carbocycles. The normalized spacial score (nSPS) is 17.9. The summed E-state index contributed by atoms with van der Waals surface area (Å²) in [6.45, 7) is 6.18. The van der Waals surface area contributed by atoms with Crippen molar-refractivity contribution in [2.45, 2.75) is 58.6 Å². The summed E-state index contributed by atoms with van der Waals surface area (Å²) in [5.74, 6) is 0.993. The fraction of sp³-hybridized carbons (Fsp3) is 0.917. The molecule has 1 unspecified atom stereocenters. The Bertz CT molecular complexity index is 210. The minimum atomic E-state index is -0.433. The molecule has 1 rings (SSSR count). The van der Waals surface area contributed by atoms with Gasteiger partial charge in [0.25, 0.3) is 0 Å². The molecule has 0 aromatic heterocycles. The van der Waals surface area contributed by atoms with Gasteiger partial charge in [-0.1, -0.05) is 12.8 Å². The molecule has 0 radical (unpaired) electrons. The number of aliphatic hydroxyl groups excluding tert-OH is 1. The van der Waals surface area contributed by atoms with Crippen molar-refractivity contribution in [3.63, 3.8) is 0 Å². The molecule has 0 saturated heterocycles. The molecule has 0 heterocycles. The minimum Gasteiger partial charge on any atom is -0.392 e. The Hall–Kier alpha value is -0.570. The zero-order chi connectivity index (χ0) is 11.4. The molecule has 1 N–H and O–H groups in total. The Labute approximate surface area is 92.5 Å². The number of rotatable bonds is 6. The number of hydrogen-bond donors (Lipinski definition) is 1. The summed E-state index contributed by atoms with van der Waals surface area (Å²) in [6, 6.07) is 0.186. The summed E-state index contributed by atoms with van der Waals surface area (Å²) in [6.07, 6.45) is 3.84. The minimum absolute atomic E-state index is 0.186. The largest absolute Gasteiger partial charge is 0.392 e. The highest BCUT2D eigenvalue weighted by atomic mass is 16.3. The lowest BCUT2D eigenvalue weighted by Crippen LogP contribution is -2.41. The summed E-state index contributed by atoms with van der Waals surface area (Å²) >= 11 is 0. The number of hydrogen-bond acceptors (Lipinski definition) is 2. The third-order valence-corrected chi connectivity index (χ3v) is 2.87. The molecule has 3 nitrogen and oxygen atoms in total. The highest BCUT2D eigenvalue weighted by molar-refractivity contribution is 5.76. The first-order valence-electron chi connectivity index (χ1n) is 5.98. The SMILES string of the molecule is CC(O)CN(C(=O)CCC1CC1)C(C)C. The van der Waals surface area contributed by atoms with Gasteiger partial charge in [-0.15, -0.1) is 0 Å². The van der Waals surface area contributed by atoms with E-state index in [1.165, 1.54) is 12.8 Å². The smallest absolute Gasteiger partial charge is 0.222 e. The van der Waals surface area contributed by atoms with Crippen molar-refractivity contribution in [3.05, 3.63) is 0 Å². The Morgan fingerprint density at radius 2 is 2.00 bits per heavy atom. The number of amides is 1. The van der Waals surface area contributed by atoms with Crippen LogP contribution in [0.1, 0.15) is 46.5 Å². The highest BCUT2D eigenvalue weighted by Crippen LogP contribution is 2.33. The predicted molar refractivity (Wildman–Crippen MR) is 60.5 cm³/mol. The zero-order valence-corrected chi connectivity index (χ0v) is 10.1. The molecular formula is C12H23NO2. The second kappa shape index (κ2) is 5.50. The van der Waals surface area contributed by atoms with Crippen LogP contribution in [-0.4, -0.2) is 34.6 Å². The van der Waals surface area contributed by atoms with E-state index < -0.39 is 6.10 Å². The molecular weight excluding hydrogens is 190 g/mol. The lowest BCUT2D eigenvalue weighted by molar-refractivity contribution is -0.134. The van der Waals surface area contributed by atoms with Crippen molar-refractivity contribution >= 4 is 5.91 Å². The van der Waals surface area contributed by atoms with Gasteiger partial charge in [-0.05, 0) is 33.1 Å². The van der Waals surface area contributed by atoms with Crippen LogP contribution in [0.5, 0.6) is 0 Å². The predicted octanol–water partition coefficient (Wildman–Crippen LogP) is 1.79. The van der Waals surface area contributed by atoms with Crippen molar-refractivity contribution in [1.29, 1.82) is 0 Å². The quantitative estimate of drug-likeness (QED) is 0.731. The van der Waals surface area contributed by atoms with E-state index in [1.54, 1.807) is 11.8 Å². The molecule has 0 aromatic rings. The van der Waals surface area contributed by atoms with Crippen molar-refractivity contribution in [2.24, 2.45) is 5.92 Å². The Balaban J connectivity index is 2.34. The number of carbonyl (C=O) groups excluding carboxylic acids is 1. The van der Waals surface area contributed by atoms with Gasteiger partial charge < -0.3 is 10.0 Å². The summed E-state index contributed by atoms with van der Waals surface area (Å²) < 4.78 is 0. The average Bonchev–Trinajstić information content (AvgIpc) is 2.93. The van der Waals surface area contributed by atoms with Gasteiger partial charge in [0.05, 0.1) is 6.10 Å². The van der Waals surface area contributed by atoms with Gasteiger partial charge in [0.1, 0.15) is 0 Å². The maximum Gasteiger partial charge on any atom is 0.222 e. The van der Waals surface area contributed by atoms with E-state index in [1.807, 2.05) is 13.8 Å². The monoisotopic (exact) mass is 213 g/mol. The molecule has 1 aliphatic carbocycles. The summed E-state index contributed by atoms with van der Waals surface area (Å²) in [5, 5.41) is 9.32. The van der Waals surface area contributed by atoms with Gasteiger partial charge in [-0.3, -0.25) is 4.79 Å². The Morgan fingerprint density at radius 1 is 1.40 bits per heavy atom. The fourth-order valence-electron chi connectivity index (χ4n) is 1.76. The van der Waals surface area contributed by atoms with Crippen LogP contribution in [0.3, 0.4) is 0 Å². The maximum absolute atomic E-state index is 11.9. The summed E-state index contributed by atoms with van der Waals surface area (Å²) in [5.41, 5.74) is 0. The molecule has 0 bridgehead atoms.